The molecule has 0 spiro atoms. The molecule has 1 rings (SSSR count). The van der Waals surface area contributed by atoms with Gasteiger partial charge in [0.25, 0.3) is 0 Å². The summed E-state index contributed by atoms with van der Waals surface area (Å²) in [6, 6.07) is 9.59. The molecule has 2 heteroatoms. The molecule has 0 aromatic heterocycles. The molecule has 0 aliphatic heterocycles. The Bertz CT molecular complexity index is 220. The van der Waals surface area contributed by atoms with E-state index in [4.69, 9.17) is 10.5 Å². The zero-order valence-corrected chi connectivity index (χ0v) is 6.23. The van der Waals surface area contributed by atoms with Crippen molar-refractivity contribution in [3.8, 4) is 0 Å². The summed E-state index contributed by atoms with van der Waals surface area (Å²) in [4.78, 5) is 0. The molecule has 0 amide bonds. The van der Waals surface area contributed by atoms with Crippen molar-refractivity contribution < 1.29 is 4.74 Å². The molecule has 2 N–H and O–H groups in total. The van der Waals surface area contributed by atoms with Crippen LogP contribution in [-0.4, -0.2) is 0 Å². The summed E-state index contributed by atoms with van der Waals surface area (Å²) in [6.45, 7) is 3.42. The molecule has 0 saturated heterocycles. The summed E-state index contributed by atoms with van der Waals surface area (Å²) in [5.41, 5.74) is 6.56. The highest BCUT2D eigenvalue weighted by Gasteiger charge is 2.01. The lowest BCUT2D eigenvalue weighted by molar-refractivity contribution is 0.154. The van der Waals surface area contributed by atoms with E-state index in [2.05, 4.69) is 6.58 Å². The van der Waals surface area contributed by atoms with Crippen molar-refractivity contribution in [3.05, 3.63) is 48.7 Å². The zero-order chi connectivity index (χ0) is 8.10. The van der Waals surface area contributed by atoms with Gasteiger partial charge in [-0.15, -0.1) is 0 Å². The molecule has 0 fully saturated rings. The molecule has 1 atom stereocenters. The minimum atomic E-state index is -0.395. The Kier molecular flexibility index (Phi) is 2.69. The fraction of sp³-hybridized carbons (Fsp3) is 0.111. The van der Waals surface area contributed by atoms with Crippen LogP contribution in [0.2, 0.25) is 0 Å². The maximum Gasteiger partial charge on any atom is 0.173 e. The second-order valence-corrected chi connectivity index (χ2v) is 2.13. The van der Waals surface area contributed by atoms with Crippen LogP contribution in [0.1, 0.15) is 11.8 Å². The van der Waals surface area contributed by atoms with Crippen LogP contribution in [0.4, 0.5) is 0 Å². The summed E-state index contributed by atoms with van der Waals surface area (Å²) < 4.78 is 4.97. The number of rotatable bonds is 3. The highest BCUT2D eigenvalue weighted by atomic mass is 16.5. The third-order valence-electron chi connectivity index (χ3n) is 1.37. The van der Waals surface area contributed by atoms with Gasteiger partial charge in [0.05, 0.1) is 6.26 Å². The van der Waals surface area contributed by atoms with E-state index in [0.29, 0.717) is 0 Å². The highest BCUT2D eigenvalue weighted by Crippen LogP contribution is 2.09. The molecular formula is C9H11NO. The van der Waals surface area contributed by atoms with Crippen LogP contribution < -0.4 is 5.73 Å². The van der Waals surface area contributed by atoms with Crippen LogP contribution >= 0.6 is 0 Å². The summed E-state index contributed by atoms with van der Waals surface area (Å²) in [5.74, 6) is 0. The van der Waals surface area contributed by atoms with Gasteiger partial charge in [0.1, 0.15) is 0 Å². The molecule has 11 heavy (non-hydrogen) atoms. The molecule has 58 valence electrons. The molecule has 1 aromatic rings. The molecule has 0 radical (unpaired) electrons. The van der Waals surface area contributed by atoms with Crippen molar-refractivity contribution in [1.29, 1.82) is 0 Å². The average Bonchev–Trinajstić information content (AvgIpc) is 2.07. The van der Waals surface area contributed by atoms with Crippen molar-refractivity contribution in [2.45, 2.75) is 6.23 Å². The SMILES string of the molecule is C=COC(N)c1ccccc1. The fourth-order valence-electron chi connectivity index (χ4n) is 0.825. The van der Waals surface area contributed by atoms with Crippen molar-refractivity contribution in [2.75, 3.05) is 0 Å². The normalized spacial score (nSPS) is 12.1. The van der Waals surface area contributed by atoms with Gasteiger partial charge in [-0.25, -0.2) is 0 Å². The predicted octanol–water partition coefficient (Wildman–Crippen LogP) is 1.80. The Morgan fingerprint density at radius 2 is 2.00 bits per heavy atom. The van der Waals surface area contributed by atoms with E-state index >= 15 is 0 Å². The van der Waals surface area contributed by atoms with Gasteiger partial charge < -0.3 is 4.74 Å². The third kappa shape index (κ3) is 2.09. The van der Waals surface area contributed by atoms with Crippen LogP contribution in [0.15, 0.2) is 43.2 Å². The Morgan fingerprint density at radius 1 is 1.36 bits per heavy atom. The Balaban J connectivity index is 2.68. The van der Waals surface area contributed by atoms with Crippen LogP contribution in [0, 0.1) is 0 Å². The van der Waals surface area contributed by atoms with E-state index in [9.17, 15) is 0 Å². The molecule has 1 unspecified atom stereocenters. The molecule has 0 saturated carbocycles. The highest BCUT2D eigenvalue weighted by molar-refractivity contribution is 5.16. The van der Waals surface area contributed by atoms with Gasteiger partial charge in [0, 0.05) is 5.56 Å². The molecular weight excluding hydrogens is 138 g/mol. The van der Waals surface area contributed by atoms with Gasteiger partial charge in [-0.3, -0.25) is 5.73 Å². The predicted molar refractivity (Wildman–Crippen MR) is 44.7 cm³/mol. The summed E-state index contributed by atoms with van der Waals surface area (Å²) >= 11 is 0. The largest absolute Gasteiger partial charge is 0.480 e. The second kappa shape index (κ2) is 3.78. The topological polar surface area (TPSA) is 35.2 Å². The van der Waals surface area contributed by atoms with Gasteiger partial charge >= 0.3 is 0 Å². The first-order valence-electron chi connectivity index (χ1n) is 3.41. The van der Waals surface area contributed by atoms with E-state index < -0.39 is 6.23 Å². The minimum absolute atomic E-state index is 0.395. The number of hydrogen-bond acceptors (Lipinski definition) is 2. The van der Waals surface area contributed by atoms with Crippen LogP contribution in [-0.2, 0) is 4.74 Å². The molecule has 1 aromatic carbocycles. The van der Waals surface area contributed by atoms with Crippen molar-refractivity contribution >= 4 is 0 Å². The van der Waals surface area contributed by atoms with Crippen molar-refractivity contribution in [3.63, 3.8) is 0 Å². The van der Waals surface area contributed by atoms with Gasteiger partial charge in [-0.2, -0.15) is 0 Å². The van der Waals surface area contributed by atoms with Crippen LogP contribution in [0.3, 0.4) is 0 Å². The van der Waals surface area contributed by atoms with E-state index in [-0.39, 0.29) is 0 Å². The van der Waals surface area contributed by atoms with Gasteiger partial charge in [-0.1, -0.05) is 36.9 Å². The Morgan fingerprint density at radius 3 is 2.55 bits per heavy atom. The first-order chi connectivity index (χ1) is 5.34. The van der Waals surface area contributed by atoms with Gasteiger partial charge in [-0.05, 0) is 0 Å². The van der Waals surface area contributed by atoms with E-state index in [1.54, 1.807) is 0 Å². The number of nitrogens with two attached hydrogens (primary N) is 1. The van der Waals surface area contributed by atoms with Crippen molar-refractivity contribution in [2.24, 2.45) is 5.73 Å². The summed E-state index contributed by atoms with van der Waals surface area (Å²) in [7, 11) is 0. The first kappa shape index (κ1) is 7.82. The maximum atomic E-state index is 5.61. The fourth-order valence-corrected chi connectivity index (χ4v) is 0.825. The lowest BCUT2D eigenvalue weighted by Gasteiger charge is -2.09. The minimum Gasteiger partial charge on any atom is -0.480 e. The molecule has 0 bridgehead atoms. The zero-order valence-electron chi connectivity index (χ0n) is 6.23. The van der Waals surface area contributed by atoms with Crippen LogP contribution in [0.25, 0.3) is 0 Å². The standard InChI is InChI=1S/C9H11NO/c1-2-11-9(10)8-6-4-3-5-7-8/h2-7,9H,1,10H2. The van der Waals surface area contributed by atoms with E-state index in [1.807, 2.05) is 30.3 Å². The van der Waals surface area contributed by atoms with Gasteiger partial charge in [0.2, 0.25) is 0 Å². The molecule has 2 nitrogen and oxygen atoms in total. The number of benzene rings is 1. The van der Waals surface area contributed by atoms with Gasteiger partial charge in [0.15, 0.2) is 6.23 Å². The van der Waals surface area contributed by atoms with E-state index in [0.717, 1.165) is 5.56 Å². The monoisotopic (exact) mass is 149 g/mol. The molecule has 0 aliphatic rings. The summed E-state index contributed by atoms with van der Waals surface area (Å²) in [6.07, 6.45) is 0.950. The maximum absolute atomic E-state index is 5.61. The summed E-state index contributed by atoms with van der Waals surface area (Å²) in [5, 5.41) is 0. The quantitative estimate of drug-likeness (QED) is 0.525. The smallest absolute Gasteiger partial charge is 0.173 e. The lowest BCUT2D eigenvalue weighted by Crippen LogP contribution is -2.10. The Labute approximate surface area is 66.3 Å². The van der Waals surface area contributed by atoms with Crippen molar-refractivity contribution in [1.82, 2.24) is 0 Å². The number of hydrogen-bond donors (Lipinski definition) is 1. The average molecular weight is 149 g/mol. The van der Waals surface area contributed by atoms with Crippen LogP contribution in [0.5, 0.6) is 0 Å². The van der Waals surface area contributed by atoms with E-state index in [1.165, 1.54) is 6.26 Å². The number of ether oxygens (including phenoxy) is 1. The second-order valence-electron chi connectivity index (χ2n) is 2.13. The first-order valence-corrected chi connectivity index (χ1v) is 3.41. The lowest BCUT2D eigenvalue weighted by atomic mass is 10.2. The Hall–Kier alpha value is -1.28. The molecule has 0 heterocycles. The third-order valence-corrected chi connectivity index (χ3v) is 1.37. The molecule has 0 aliphatic carbocycles.